The van der Waals surface area contributed by atoms with Crippen molar-refractivity contribution in [1.82, 2.24) is 5.16 Å². The maximum absolute atomic E-state index is 6.08. The highest BCUT2D eigenvalue weighted by molar-refractivity contribution is 5.76. The molecule has 2 bridgehead atoms. The molecule has 3 saturated carbocycles. The molecule has 4 unspecified atom stereocenters. The lowest BCUT2D eigenvalue weighted by molar-refractivity contribution is 0.417. The third-order valence-electron chi connectivity index (χ3n) is 6.14. The van der Waals surface area contributed by atoms with Crippen molar-refractivity contribution in [1.29, 1.82) is 0 Å². The molecule has 108 valence electrons. The van der Waals surface area contributed by atoms with Gasteiger partial charge >= 0.3 is 0 Å². The Morgan fingerprint density at radius 2 is 1.76 bits per heavy atom. The third-order valence-corrected chi connectivity index (χ3v) is 6.14. The number of aromatic nitrogens is 1. The zero-order valence-corrected chi connectivity index (χ0v) is 12.3. The minimum Gasteiger partial charge on any atom is -0.367 e. The molecule has 3 nitrogen and oxygen atoms in total. The van der Waals surface area contributed by atoms with Gasteiger partial charge in [0.1, 0.15) is 0 Å². The molecule has 1 heterocycles. The van der Waals surface area contributed by atoms with Gasteiger partial charge in [0.25, 0.3) is 0 Å². The van der Waals surface area contributed by atoms with Crippen LogP contribution in [0.25, 0.3) is 11.1 Å². The molecule has 1 aromatic carbocycles. The van der Waals surface area contributed by atoms with Gasteiger partial charge in [0.2, 0.25) is 5.88 Å². The molecule has 3 aliphatic carbocycles. The summed E-state index contributed by atoms with van der Waals surface area (Å²) in [6.07, 6.45) is 4.31. The molecule has 3 fully saturated rings. The Labute approximate surface area is 124 Å². The van der Waals surface area contributed by atoms with E-state index in [9.17, 15) is 0 Å². The number of benzene rings is 1. The lowest BCUT2D eigenvalue weighted by Crippen LogP contribution is -1.99. The Kier molecular flexibility index (Phi) is 2.20. The van der Waals surface area contributed by atoms with Gasteiger partial charge in [-0.2, -0.15) is 0 Å². The first-order valence-electron chi connectivity index (χ1n) is 8.06. The van der Waals surface area contributed by atoms with Gasteiger partial charge in [-0.05, 0) is 55.4 Å². The molecular weight excluding hydrogens is 260 g/mol. The summed E-state index contributed by atoms with van der Waals surface area (Å²) in [5, 5.41) is 4.36. The van der Waals surface area contributed by atoms with E-state index in [0.717, 1.165) is 40.5 Å². The van der Waals surface area contributed by atoms with Crippen LogP contribution in [-0.4, -0.2) is 5.16 Å². The molecule has 5 rings (SSSR count). The van der Waals surface area contributed by atoms with Gasteiger partial charge in [-0.25, -0.2) is 0 Å². The standard InChI is InChI=1S/C18H20N2O/c1-9-2-4-10(5-3-9)15-17(20-21-18(15)19)16-13-11-6-7-12(8-11)14(13)16/h2-5,11-14,16H,6-8,19H2,1H3. The number of rotatable bonds is 2. The molecule has 3 heteroatoms. The van der Waals surface area contributed by atoms with Crippen LogP contribution < -0.4 is 5.73 Å². The van der Waals surface area contributed by atoms with E-state index >= 15 is 0 Å². The number of anilines is 1. The molecule has 4 atom stereocenters. The fourth-order valence-electron chi connectivity index (χ4n) is 5.24. The Balaban J connectivity index is 1.56. The second kappa shape index (κ2) is 3.90. The van der Waals surface area contributed by atoms with Crippen molar-refractivity contribution in [3.05, 3.63) is 35.5 Å². The predicted molar refractivity (Wildman–Crippen MR) is 81.6 cm³/mol. The zero-order valence-electron chi connectivity index (χ0n) is 12.3. The van der Waals surface area contributed by atoms with Crippen LogP contribution >= 0.6 is 0 Å². The van der Waals surface area contributed by atoms with E-state index in [4.69, 9.17) is 10.3 Å². The van der Waals surface area contributed by atoms with Gasteiger partial charge in [0.05, 0.1) is 11.3 Å². The number of hydrogen-bond donors (Lipinski definition) is 1. The van der Waals surface area contributed by atoms with Crippen LogP contribution in [-0.2, 0) is 0 Å². The molecule has 0 aliphatic heterocycles. The van der Waals surface area contributed by atoms with E-state index in [1.54, 1.807) is 0 Å². The number of nitrogens with two attached hydrogens (primary N) is 1. The summed E-state index contributed by atoms with van der Waals surface area (Å²) in [7, 11) is 0. The van der Waals surface area contributed by atoms with E-state index < -0.39 is 0 Å². The third kappa shape index (κ3) is 1.52. The topological polar surface area (TPSA) is 52.0 Å². The van der Waals surface area contributed by atoms with Crippen molar-refractivity contribution in [2.75, 3.05) is 5.73 Å². The fraction of sp³-hybridized carbons (Fsp3) is 0.500. The van der Waals surface area contributed by atoms with Crippen molar-refractivity contribution in [2.45, 2.75) is 32.1 Å². The number of hydrogen-bond acceptors (Lipinski definition) is 3. The molecule has 3 aliphatic rings. The molecule has 2 aromatic rings. The summed E-state index contributed by atoms with van der Waals surface area (Å²) in [5.41, 5.74) is 10.7. The van der Waals surface area contributed by atoms with Crippen LogP contribution in [0.1, 0.15) is 36.4 Å². The number of fused-ring (bicyclic) bond motifs is 5. The van der Waals surface area contributed by atoms with E-state index in [0.29, 0.717) is 11.8 Å². The molecular formula is C18H20N2O. The number of nitrogens with zero attached hydrogens (tertiary/aromatic N) is 1. The van der Waals surface area contributed by atoms with Crippen LogP contribution in [0, 0.1) is 30.6 Å². The monoisotopic (exact) mass is 280 g/mol. The van der Waals surface area contributed by atoms with Gasteiger partial charge in [-0.3, -0.25) is 0 Å². The average Bonchev–Trinajstić information content (AvgIpc) is 2.81. The molecule has 0 saturated heterocycles. The highest BCUT2D eigenvalue weighted by Gasteiger charge is 2.66. The minimum atomic E-state index is 0.478. The quantitative estimate of drug-likeness (QED) is 0.904. The number of aryl methyl sites for hydroxylation is 1. The normalized spacial score (nSPS) is 36.0. The first-order valence-corrected chi connectivity index (χ1v) is 8.06. The van der Waals surface area contributed by atoms with Gasteiger partial charge in [-0.15, -0.1) is 0 Å². The first kappa shape index (κ1) is 11.8. The smallest absolute Gasteiger partial charge is 0.230 e. The predicted octanol–water partition coefficient (Wildman–Crippen LogP) is 3.99. The highest BCUT2D eigenvalue weighted by Crippen LogP contribution is 2.73. The van der Waals surface area contributed by atoms with Crippen molar-refractivity contribution < 1.29 is 4.52 Å². The zero-order chi connectivity index (χ0) is 14.1. The second-order valence-electron chi connectivity index (χ2n) is 7.19. The van der Waals surface area contributed by atoms with Crippen molar-refractivity contribution in [3.63, 3.8) is 0 Å². The van der Waals surface area contributed by atoms with Crippen molar-refractivity contribution in [2.24, 2.45) is 23.7 Å². The highest BCUT2D eigenvalue weighted by atomic mass is 16.5. The Morgan fingerprint density at radius 1 is 1.10 bits per heavy atom. The van der Waals surface area contributed by atoms with Crippen LogP contribution in [0.15, 0.2) is 28.8 Å². The van der Waals surface area contributed by atoms with Gasteiger partial charge in [-0.1, -0.05) is 35.0 Å². The average molecular weight is 280 g/mol. The molecule has 0 radical (unpaired) electrons. The molecule has 1 aromatic heterocycles. The van der Waals surface area contributed by atoms with Gasteiger partial charge < -0.3 is 10.3 Å². The number of nitrogen functional groups attached to an aromatic ring is 1. The summed E-state index contributed by atoms with van der Waals surface area (Å²) in [6.45, 7) is 2.10. The van der Waals surface area contributed by atoms with Gasteiger partial charge in [0, 0.05) is 5.92 Å². The molecule has 0 spiro atoms. The van der Waals surface area contributed by atoms with E-state index in [1.807, 2.05) is 0 Å². The molecule has 0 amide bonds. The summed E-state index contributed by atoms with van der Waals surface area (Å²) < 4.78 is 5.37. The lowest BCUT2D eigenvalue weighted by atomic mass is 9.95. The van der Waals surface area contributed by atoms with E-state index in [1.165, 1.54) is 24.8 Å². The minimum absolute atomic E-state index is 0.478. The Bertz CT molecular complexity index is 687. The van der Waals surface area contributed by atoms with Crippen LogP contribution in [0.5, 0.6) is 0 Å². The van der Waals surface area contributed by atoms with Crippen LogP contribution in [0.4, 0.5) is 5.88 Å². The molecule has 21 heavy (non-hydrogen) atoms. The SMILES string of the molecule is Cc1ccc(-c2c(C3C4C5CCC(C5)C34)noc2N)cc1. The van der Waals surface area contributed by atoms with E-state index in [-0.39, 0.29) is 0 Å². The van der Waals surface area contributed by atoms with Crippen LogP contribution in [0.3, 0.4) is 0 Å². The summed E-state index contributed by atoms with van der Waals surface area (Å²) in [4.78, 5) is 0. The lowest BCUT2D eigenvalue weighted by Gasteiger charge is -2.08. The summed E-state index contributed by atoms with van der Waals surface area (Å²) in [5.74, 6) is 4.68. The van der Waals surface area contributed by atoms with Gasteiger partial charge in [0.15, 0.2) is 0 Å². The summed E-state index contributed by atoms with van der Waals surface area (Å²) in [6, 6.07) is 8.52. The largest absolute Gasteiger partial charge is 0.367 e. The summed E-state index contributed by atoms with van der Waals surface area (Å²) >= 11 is 0. The Hall–Kier alpha value is -1.77. The van der Waals surface area contributed by atoms with Crippen LogP contribution in [0.2, 0.25) is 0 Å². The molecule has 2 N–H and O–H groups in total. The second-order valence-corrected chi connectivity index (χ2v) is 7.19. The Morgan fingerprint density at radius 3 is 2.43 bits per heavy atom. The first-order chi connectivity index (χ1) is 10.2. The van der Waals surface area contributed by atoms with Crippen molar-refractivity contribution in [3.8, 4) is 11.1 Å². The maximum atomic E-state index is 6.08. The maximum Gasteiger partial charge on any atom is 0.230 e. The van der Waals surface area contributed by atoms with E-state index in [2.05, 4.69) is 36.3 Å². The fourth-order valence-corrected chi connectivity index (χ4v) is 5.24. The van der Waals surface area contributed by atoms with Crippen molar-refractivity contribution >= 4 is 5.88 Å².